The zero-order chi connectivity index (χ0) is 15.3. The Morgan fingerprint density at radius 3 is 2.36 bits per heavy atom. The summed E-state index contributed by atoms with van der Waals surface area (Å²) in [7, 11) is 0. The van der Waals surface area contributed by atoms with Crippen LogP contribution in [-0.4, -0.2) is 23.0 Å². The molecule has 3 aliphatic carbocycles. The lowest BCUT2D eigenvalue weighted by Crippen LogP contribution is -2.43. The van der Waals surface area contributed by atoms with Crippen LogP contribution in [-0.2, 0) is 16.0 Å². The Balaban J connectivity index is 1.40. The number of hydrogen-bond donors (Lipinski definition) is 2. The van der Waals surface area contributed by atoms with Crippen LogP contribution in [0.25, 0.3) is 0 Å². The van der Waals surface area contributed by atoms with Crippen LogP contribution < -0.4 is 5.32 Å². The normalized spacial score (nSPS) is 35.7. The number of benzene rings is 1. The molecule has 4 rings (SSSR count). The Labute approximate surface area is 129 Å². The highest BCUT2D eigenvalue weighted by molar-refractivity contribution is 5.87. The van der Waals surface area contributed by atoms with E-state index in [1.807, 2.05) is 30.3 Å². The van der Waals surface area contributed by atoms with Gasteiger partial charge in [0.1, 0.15) is 6.04 Å². The molecule has 1 aromatic carbocycles. The quantitative estimate of drug-likeness (QED) is 0.875. The first-order valence-electron chi connectivity index (χ1n) is 8.22. The maximum Gasteiger partial charge on any atom is 0.326 e. The number of nitrogens with one attached hydrogen (secondary N) is 1. The molecule has 116 valence electrons. The first-order valence-corrected chi connectivity index (χ1v) is 8.22. The molecule has 0 heterocycles. The minimum absolute atomic E-state index is 0.0325. The van der Waals surface area contributed by atoms with Crippen molar-refractivity contribution in [3.05, 3.63) is 35.9 Å². The largest absolute Gasteiger partial charge is 0.480 e. The molecule has 3 fully saturated rings. The van der Waals surface area contributed by atoms with Crippen LogP contribution in [0.1, 0.15) is 24.8 Å². The summed E-state index contributed by atoms with van der Waals surface area (Å²) in [5, 5.41) is 12.2. The minimum atomic E-state index is -0.953. The summed E-state index contributed by atoms with van der Waals surface area (Å²) < 4.78 is 0. The van der Waals surface area contributed by atoms with E-state index in [1.165, 1.54) is 19.3 Å². The van der Waals surface area contributed by atoms with Gasteiger partial charge in [0.25, 0.3) is 0 Å². The lowest BCUT2D eigenvalue weighted by molar-refractivity contribution is -0.142. The number of carbonyl (C=O) groups is 2. The molecule has 0 aromatic heterocycles. The topological polar surface area (TPSA) is 66.4 Å². The van der Waals surface area contributed by atoms with Crippen molar-refractivity contribution < 1.29 is 14.7 Å². The Morgan fingerprint density at radius 1 is 1.14 bits per heavy atom. The molecule has 1 amide bonds. The van der Waals surface area contributed by atoms with Crippen molar-refractivity contribution in [2.45, 2.75) is 31.7 Å². The molecule has 2 N–H and O–H groups in total. The third kappa shape index (κ3) is 2.21. The molecule has 0 saturated heterocycles. The number of carbonyl (C=O) groups excluding carboxylic acids is 1. The number of carboxylic acids is 1. The van der Waals surface area contributed by atoms with Gasteiger partial charge in [0.05, 0.1) is 0 Å². The molecule has 3 saturated carbocycles. The number of carboxylic acid groups (broad SMARTS) is 1. The second kappa shape index (κ2) is 5.11. The third-order valence-electron chi connectivity index (χ3n) is 5.94. The van der Waals surface area contributed by atoms with Crippen LogP contribution in [0.5, 0.6) is 0 Å². The van der Waals surface area contributed by atoms with Gasteiger partial charge in [0.2, 0.25) is 5.91 Å². The lowest BCUT2D eigenvalue weighted by atomic mass is 10.0. The van der Waals surface area contributed by atoms with Gasteiger partial charge in [0.15, 0.2) is 0 Å². The van der Waals surface area contributed by atoms with Crippen LogP contribution in [0.3, 0.4) is 0 Å². The number of amides is 1. The van der Waals surface area contributed by atoms with E-state index >= 15 is 0 Å². The second-order valence-electron chi connectivity index (χ2n) is 7.10. The molecule has 0 spiro atoms. The zero-order valence-corrected chi connectivity index (χ0v) is 12.4. The highest BCUT2D eigenvalue weighted by Crippen LogP contribution is 2.69. The maximum atomic E-state index is 12.5. The van der Waals surface area contributed by atoms with Crippen LogP contribution in [0, 0.1) is 29.6 Å². The molecule has 4 heteroatoms. The molecule has 3 aliphatic rings. The van der Waals surface area contributed by atoms with E-state index < -0.39 is 12.0 Å². The monoisotopic (exact) mass is 299 g/mol. The maximum absolute atomic E-state index is 12.5. The van der Waals surface area contributed by atoms with Gasteiger partial charge in [0, 0.05) is 12.3 Å². The molecule has 2 bridgehead atoms. The Morgan fingerprint density at radius 2 is 1.77 bits per heavy atom. The fourth-order valence-corrected chi connectivity index (χ4v) is 4.99. The van der Waals surface area contributed by atoms with E-state index in [9.17, 15) is 14.7 Å². The SMILES string of the molecule is O=C(O)C(Cc1ccccc1)NC(=O)C1C2C3CCC(C3)C12. The van der Waals surface area contributed by atoms with Crippen molar-refractivity contribution >= 4 is 11.9 Å². The lowest BCUT2D eigenvalue weighted by Gasteiger charge is -2.16. The smallest absolute Gasteiger partial charge is 0.326 e. The Kier molecular flexibility index (Phi) is 3.21. The molecule has 4 nitrogen and oxygen atoms in total. The fourth-order valence-electron chi connectivity index (χ4n) is 4.99. The molecule has 1 aromatic rings. The van der Waals surface area contributed by atoms with Crippen molar-refractivity contribution in [1.29, 1.82) is 0 Å². The van der Waals surface area contributed by atoms with Crippen molar-refractivity contribution in [1.82, 2.24) is 5.32 Å². The van der Waals surface area contributed by atoms with E-state index in [0.29, 0.717) is 18.3 Å². The summed E-state index contributed by atoms with van der Waals surface area (Å²) in [6.07, 6.45) is 4.17. The predicted molar refractivity (Wildman–Crippen MR) is 81.0 cm³/mol. The molecule has 5 unspecified atom stereocenters. The van der Waals surface area contributed by atoms with E-state index in [1.54, 1.807) is 0 Å². The zero-order valence-electron chi connectivity index (χ0n) is 12.4. The Bertz CT molecular complexity index is 584. The van der Waals surface area contributed by atoms with Gasteiger partial charge in [-0.15, -0.1) is 0 Å². The third-order valence-corrected chi connectivity index (χ3v) is 5.94. The van der Waals surface area contributed by atoms with Gasteiger partial charge < -0.3 is 10.4 Å². The predicted octanol–water partition coefficient (Wildman–Crippen LogP) is 2.09. The van der Waals surface area contributed by atoms with Crippen LogP contribution in [0.15, 0.2) is 30.3 Å². The van der Waals surface area contributed by atoms with Crippen LogP contribution in [0.2, 0.25) is 0 Å². The van der Waals surface area contributed by atoms with E-state index in [-0.39, 0.29) is 11.8 Å². The molecular weight excluding hydrogens is 278 g/mol. The second-order valence-corrected chi connectivity index (χ2v) is 7.10. The first-order chi connectivity index (χ1) is 10.6. The highest BCUT2D eigenvalue weighted by Gasteiger charge is 2.67. The van der Waals surface area contributed by atoms with Gasteiger partial charge in [-0.25, -0.2) is 4.79 Å². The number of aliphatic carboxylic acids is 1. The van der Waals surface area contributed by atoms with Crippen molar-refractivity contribution in [3.63, 3.8) is 0 Å². The van der Waals surface area contributed by atoms with Crippen molar-refractivity contribution in [2.24, 2.45) is 29.6 Å². The van der Waals surface area contributed by atoms with Crippen LogP contribution >= 0.6 is 0 Å². The molecule has 5 atom stereocenters. The standard InChI is InChI=1S/C18H21NO3/c20-17(16-14-11-6-7-12(9-11)15(14)16)19-13(18(21)22)8-10-4-2-1-3-5-10/h1-5,11-16H,6-9H2,(H,19,20)(H,21,22). The van der Waals surface area contributed by atoms with Gasteiger partial charge in [-0.1, -0.05) is 30.3 Å². The average molecular weight is 299 g/mol. The summed E-state index contributed by atoms with van der Waals surface area (Å²) in [5.74, 6) is 1.64. The number of fused-ring (bicyclic) bond motifs is 5. The van der Waals surface area contributed by atoms with Gasteiger partial charge in [-0.3, -0.25) is 4.79 Å². The summed E-state index contributed by atoms with van der Waals surface area (Å²) in [4.78, 5) is 23.9. The van der Waals surface area contributed by atoms with E-state index in [0.717, 1.165) is 17.4 Å². The highest BCUT2D eigenvalue weighted by atomic mass is 16.4. The number of hydrogen-bond acceptors (Lipinski definition) is 2. The number of rotatable bonds is 5. The Hall–Kier alpha value is -1.84. The van der Waals surface area contributed by atoms with Crippen LogP contribution in [0.4, 0.5) is 0 Å². The molecular formula is C18H21NO3. The summed E-state index contributed by atoms with van der Waals surface area (Å²) >= 11 is 0. The van der Waals surface area contributed by atoms with Crippen molar-refractivity contribution in [3.8, 4) is 0 Å². The van der Waals surface area contributed by atoms with E-state index in [2.05, 4.69) is 5.32 Å². The van der Waals surface area contributed by atoms with Crippen molar-refractivity contribution in [2.75, 3.05) is 0 Å². The molecule has 0 aliphatic heterocycles. The fraction of sp³-hybridized carbons (Fsp3) is 0.556. The summed E-state index contributed by atoms with van der Waals surface area (Å²) in [6, 6.07) is 8.65. The van der Waals surface area contributed by atoms with E-state index in [4.69, 9.17) is 0 Å². The van der Waals surface area contributed by atoms with Gasteiger partial charge in [-0.2, -0.15) is 0 Å². The molecule has 22 heavy (non-hydrogen) atoms. The molecule has 0 radical (unpaired) electrons. The summed E-state index contributed by atoms with van der Waals surface area (Å²) in [6.45, 7) is 0. The average Bonchev–Trinajstić information content (AvgIpc) is 2.96. The summed E-state index contributed by atoms with van der Waals surface area (Å²) in [5.41, 5.74) is 0.936. The first kappa shape index (κ1) is 13.8. The van der Waals surface area contributed by atoms with Gasteiger partial charge >= 0.3 is 5.97 Å². The minimum Gasteiger partial charge on any atom is -0.480 e. The van der Waals surface area contributed by atoms with Gasteiger partial charge in [-0.05, 0) is 48.5 Å².